The minimum Gasteiger partial charge on any atom is -0.411 e. The summed E-state index contributed by atoms with van der Waals surface area (Å²) in [7, 11) is -4.40. The molecule has 0 rings (SSSR count). The van der Waals surface area contributed by atoms with Crippen molar-refractivity contribution in [3.8, 4) is 0 Å². The van der Waals surface area contributed by atoms with Crippen molar-refractivity contribution >= 4 is 68.1 Å². The van der Waals surface area contributed by atoms with Gasteiger partial charge in [-0.05, 0) is 88.2 Å². The normalized spacial score (nSPS) is 20.5. The lowest BCUT2D eigenvalue weighted by Crippen LogP contribution is -2.39. The van der Waals surface area contributed by atoms with Gasteiger partial charge in [0.25, 0.3) is 0 Å². The van der Waals surface area contributed by atoms with E-state index in [-0.39, 0.29) is 0 Å². The predicted molar refractivity (Wildman–Crippen MR) is 150 cm³/mol. The van der Waals surface area contributed by atoms with Crippen molar-refractivity contribution in [1.82, 2.24) is 0 Å². The van der Waals surface area contributed by atoms with Crippen molar-refractivity contribution in [3.63, 3.8) is 0 Å². The summed E-state index contributed by atoms with van der Waals surface area (Å²) in [4.78, 5) is 0. The molecule has 0 aliphatic heterocycles. The van der Waals surface area contributed by atoms with Crippen molar-refractivity contribution in [2.45, 2.75) is 13.1 Å². The highest BCUT2D eigenvalue weighted by Crippen LogP contribution is 3.12. The van der Waals surface area contributed by atoms with Crippen LogP contribution < -0.4 is 0 Å². The van der Waals surface area contributed by atoms with Crippen LogP contribution in [0.5, 0.6) is 0 Å². The molecule has 0 bridgehead atoms. The molecule has 0 radical (unpaired) electrons. The van der Waals surface area contributed by atoms with Gasteiger partial charge in [-0.3, -0.25) is 0 Å². The van der Waals surface area contributed by atoms with Crippen LogP contribution in [-0.2, 0) is 4.43 Å². The summed E-state index contributed by atoms with van der Waals surface area (Å²) < 4.78 is 6.17. The van der Waals surface area contributed by atoms with Gasteiger partial charge in [-0.25, -0.2) is 0 Å². The Balaban J connectivity index is 6.42. The summed E-state index contributed by atoms with van der Waals surface area (Å²) >= 11 is 5.16. The van der Waals surface area contributed by atoms with Crippen LogP contribution in [0.3, 0.4) is 0 Å². The number of rotatable bonds is 7. The van der Waals surface area contributed by atoms with E-state index in [0.29, 0.717) is 0 Å². The predicted octanol–water partition coefficient (Wildman–Crippen LogP) is 7.14. The van der Waals surface area contributed by atoms with Crippen molar-refractivity contribution in [3.05, 3.63) is 0 Å². The Hall–Kier alpha value is 2.63. The van der Waals surface area contributed by atoms with Crippen molar-refractivity contribution in [2.75, 3.05) is 82.2 Å². The molecular formula is C15H46OS7Si. The summed E-state index contributed by atoms with van der Waals surface area (Å²) in [6.07, 6.45) is 31.1. The molecule has 0 saturated carbocycles. The Kier molecular flexibility index (Phi) is 8.28. The highest BCUT2D eigenvalue weighted by molar-refractivity contribution is 9.74. The van der Waals surface area contributed by atoms with Crippen LogP contribution in [-0.4, -0.2) is 89.6 Å². The van der Waals surface area contributed by atoms with Crippen LogP contribution in [0.2, 0.25) is 13.1 Å². The molecule has 24 heavy (non-hydrogen) atoms. The highest BCUT2D eigenvalue weighted by Gasteiger charge is 2.55. The first-order chi connectivity index (χ1) is 10.1. The molecule has 0 aliphatic rings. The first-order valence-electron chi connectivity index (χ1n) is 7.73. The minimum absolute atomic E-state index is 0.753. The Bertz CT molecular complexity index is 465. The lowest BCUT2D eigenvalue weighted by molar-refractivity contribution is 0.423. The van der Waals surface area contributed by atoms with E-state index in [0.717, 1.165) is 0 Å². The van der Waals surface area contributed by atoms with Gasteiger partial charge in [0.2, 0.25) is 7.47 Å². The fourth-order valence-electron chi connectivity index (χ4n) is 2.28. The standard InChI is InChI=1S/C15H46OS7Si/c1-16-24(14,15)23(12,13)22(10,11)21(8,9)20(6,7)19(4,5)18(2,3)17/h17H,1-15H3. The highest BCUT2D eigenvalue weighted by atomic mass is 34.0. The van der Waals surface area contributed by atoms with Gasteiger partial charge >= 0.3 is 0 Å². The van der Waals surface area contributed by atoms with Crippen LogP contribution >= 0.6 is 60.6 Å². The van der Waals surface area contributed by atoms with E-state index in [2.05, 4.69) is 88.2 Å². The summed E-state index contributed by atoms with van der Waals surface area (Å²) in [5.41, 5.74) is 0. The fourth-order valence-corrected chi connectivity index (χ4v) is 98.6. The van der Waals surface area contributed by atoms with Gasteiger partial charge in [0.1, 0.15) is 0 Å². The monoisotopic (exact) mass is 494 g/mol. The SMILES string of the molecule is CO[Si](C)(C)S(C)(C)S(C)(C)S(C)(C)S(C)(C)S(C)(C)S(C)(C)S. The zero-order valence-electron chi connectivity index (χ0n) is 18.8. The van der Waals surface area contributed by atoms with E-state index in [1.54, 1.807) is 0 Å². The first-order valence-corrected chi connectivity index (χ1v) is 29.7. The summed E-state index contributed by atoms with van der Waals surface area (Å²) in [5.74, 6) is 0. The molecule has 1 nitrogen and oxygen atoms in total. The Morgan fingerprint density at radius 2 is 0.875 bits per heavy atom. The largest absolute Gasteiger partial charge is 0.411 e. The molecule has 0 N–H and O–H groups in total. The number of hydrogen-bond acceptors (Lipinski definition) is 2. The molecule has 0 aromatic heterocycles. The van der Waals surface area contributed by atoms with Gasteiger partial charge in [-0.1, -0.05) is 0 Å². The van der Waals surface area contributed by atoms with Crippen molar-refractivity contribution < 1.29 is 4.43 Å². The molecule has 0 atom stereocenters. The van der Waals surface area contributed by atoms with Gasteiger partial charge in [0, 0.05) is 7.11 Å². The van der Waals surface area contributed by atoms with E-state index < -0.39 is 56.4 Å². The molecule has 0 fully saturated rings. The maximum atomic E-state index is 6.17. The van der Waals surface area contributed by atoms with Crippen LogP contribution in [0, 0.1) is 0 Å². The minimum atomic E-state index is -1.68. The molecule has 158 valence electrons. The van der Waals surface area contributed by atoms with Crippen molar-refractivity contribution in [2.24, 2.45) is 0 Å². The molecule has 0 unspecified atom stereocenters. The zero-order chi connectivity index (χ0) is 20.2. The molecule has 0 spiro atoms. The maximum absolute atomic E-state index is 6.17. The molecule has 0 aliphatic carbocycles. The average molecular weight is 495 g/mol. The molecule has 0 heterocycles. The van der Waals surface area contributed by atoms with Gasteiger partial charge in [0.05, 0.1) is 0 Å². The van der Waals surface area contributed by atoms with Gasteiger partial charge in [-0.2, -0.15) is 49.0 Å². The van der Waals surface area contributed by atoms with Gasteiger partial charge < -0.3 is 4.43 Å². The van der Waals surface area contributed by atoms with Crippen molar-refractivity contribution in [1.29, 1.82) is 0 Å². The van der Waals surface area contributed by atoms with E-state index in [1.165, 1.54) is 0 Å². The molecule has 0 saturated heterocycles. The molecular weight excluding hydrogens is 449 g/mol. The molecule has 0 amide bonds. The third kappa shape index (κ3) is 3.87. The lowest BCUT2D eigenvalue weighted by Gasteiger charge is -2.77. The van der Waals surface area contributed by atoms with E-state index in [4.69, 9.17) is 16.1 Å². The van der Waals surface area contributed by atoms with Gasteiger partial charge in [0.15, 0.2) is 0 Å². The van der Waals surface area contributed by atoms with E-state index in [9.17, 15) is 0 Å². The summed E-state index contributed by atoms with van der Waals surface area (Å²) in [6, 6.07) is 0. The second-order valence-corrected chi connectivity index (χ2v) is 63.7. The Morgan fingerprint density at radius 3 is 1.12 bits per heavy atom. The van der Waals surface area contributed by atoms with Crippen LogP contribution in [0.4, 0.5) is 0 Å². The number of hydrogen-bond donors (Lipinski definition) is 1. The smallest absolute Gasteiger partial charge is 0.239 e. The number of thiol groups is 1. The average Bonchev–Trinajstić information content (AvgIpc) is 2.36. The van der Waals surface area contributed by atoms with E-state index >= 15 is 0 Å². The molecule has 0 aromatic carbocycles. The maximum Gasteiger partial charge on any atom is 0.239 e. The Labute approximate surface area is 166 Å². The van der Waals surface area contributed by atoms with Crippen LogP contribution in [0.1, 0.15) is 0 Å². The zero-order valence-corrected chi connectivity index (χ0v) is 25.6. The second-order valence-electron chi connectivity index (χ2n) is 8.59. The van der Waals surface area contributed by atoms with Crippen LogP contribution in [0.25, 0.3) is 0 Å². The third-order valence-corrected chi connectivity index (χ3v) is 96.1. The topological polar surface area (TPSA) is 9.23 Å². The Morgan fingerprint density at radius 1 is 0.583 bits per heavy atom. The first kappa shape index (κ1) is 26.6. The summed E-state index contributed by atoms with van der Waals surface area (Å²) in [6.45, 7) is 4.89. The fraction of sp³-hybridized carbons (Fsp3) is 1.00. The third-order valence-electron chi connectivity index (χ3n) is 6.56. The van der Waals surface area contributed by atoms with Gasteiger partial charge in [-0.15, -0.1) is 11.7 Å². The lowest BCUT2D eigenvalue weighted by atomic mass is 11.8. The molecule has 0 aromatic rings. The quantitative estimate of drug-likeness (QED) is 0.225. The van der Waals surface area contributed by atoms with E-state index in [1.807, 2.05) is 7.11 Å². The second kappa shape index (κ2) is 7.47. The molecule has 9 heteroatoms. The van der Waals surface area contributed by atoms with Crippen LogP contribution in [0.15, 0.2) is 0 Å². The summed E-state index contributed by atoms with van der Waals surface area (Å²) in [5, 5.41) is 0.